The summed E-state index contributed by atoms with van der Waals surface area (Å²) in [7, 11) is 0. The Labute approximate surface area is 51.2 Å². The third-order valence-electron chi connectivity index (χ3n) is 0.761. The van der Waals surface area contributed by atoms with Crippen LogP contribution in [0.5, 0.6) is 0 Å². The number of allylic oxidation sites excluding steroid dienone is 5. The fraction of sp³-hybridized carbons (Fsp3) is 0.250. The fourth-order valence-electron chi connectivity index (χ4n) is 0.484. The van der Waals surface area contributed by atoms with Crippen LogP contribution in [0, 0.1) is 0 Å². The molecule has 0 fully saturated rings. The van der Waals surface area contributed by atoms with E-state index in [-0.39, 0.29) is 0 Å². The Morgan fingerprint density at radius 3 is 1.75 bits per heavy atom. The van der Waals surface area contributed by atoms with Gasteiger partial charge in [-0.1, -0.05) is 30.9 Å². The molecule has 0 aliphatic heterocycles. The molecule has 0 aliphatic rings. The average Bonchev–Trinajstić information content (AvgIpc) is 1.68. The molecule has 0 amide bonds. The Balaban J connectivity index is 3.66. The van der Waals surface area contributed by atoms with Gasteiger partial charge < -0.3 is 0 Å². The summed E-state index contributed by atoms with van der Waals surface area (Å²) in [6.07, 6.45) is 7.89. The van der Waals surface area contributed by atoms with Gasteiger partial charge in [0.1, 0.15) is 0 Å². The zero-order chi connectivity index (χ0) is 6.41. The zero-order valence-electron chi connectivity index (χ0n) is 5.52. The molecule has 0 radical (unpaired) electrons. The van der Waals surface area contributed by atoms with Gasteiger partial charge in [0.05, 0.1) is 0 Å². The van der Waals surface area contributed by atoms with Crippen LogP contribution in [0.3, 0.4) is 0 Å². The third-order valence-corrected chi connectivity index (χ3v) is 0.761. The molecule has 0 rings (SSSR count). The molecule has 0 nitrogen and oxygen atoms in total. The summed E-state index contributed by atoms with van der Waals surface area (Å²) < 4.78 is 0. The lowest BCUT2D eigenvalue weighted by molar-refractivity contribution is 1.62. The van der Waals surface area contributed by atoms with E-state index in [2.05, 4.69) is 6.58 Å². The second-order valence-corrected chi connectivity index (χ2v) is 1.57. The first-order chi connectivity index (χ1) is 3.81. The summed E-state index contributed by atoms with van der Waals surface area (Å²) in [5, 5.41) is 0. The fourth-order valence-corrected chi connectivity index (χ4v) is 0.484. The van der Waals surface area contributed by atoms with Gasteiger partial charge in [0, 0.05) is 0 Å². The lowest BCUT2D eigenvalue weighted by Gasteiger charge is -1.82. The van der Waals surface area contributed by atoms with Crippen LogP contribution in [-0.4, -0.2) is 0 Å². The highest BCUT2D eigenvalue weighted by Gasteiger charge is 1.71. The van der Waals surface area contributed by atoms with E-state index >= 15 is 0 Å². The molecular weight excluding hydrogens is 96.1 g/mol. The van der Waals surface area contributed by atoms with E-state index in [1.54, 1.807) is 0 Å². The molecule has 0 saturated heterocycles. The van der Waals surface area contributed by atoms with Crippen LogP contribution in [0.1, 0.15) is 13.8 Å². The van der Waals surface area contributed by atoms with Crippen molar-refractivity contribution in [1.29, 1.82) is 0 Å². The van der Waals surface area contributed by atoms with Crippen molar-refractivity contribution >= 4 is 0 Å². The minimum atomic E-state index is 1.05. The van der Waals surface area contributed by atoms with Crippen molar-refractivity contribution in [3.63, 3.8) is 0 Å². The molecule has 0 N–H and O–H groups in total. The van der Waals surface area contributed by atoms with Crippen LogP contribution in [0.2, 0.25) is 0 Å². The standard InChI is InChI=1S/C8H12/c1-4-6-8(3)7-5-2/h4-7H,3H2,1-2H3. The van der Waals surface area contributed by atoms with Crippen molar-refractivity contribution in [3.05, 3.63) is 36.5 Å². The summed E-state index contributed by atoms with van der Waals surface area (Å²) in [6.45, 7) is 7.72. The van der Waals surface area contributed by atoms with Gasteiger partial charge in [0.25, 0.3) is 0 Å². The molecule has 0 aliphatic carbocycles. The van der Waals surface area contributed by atoms with Crippen molar-refractivity contribution in [1.82, 2.24) is 0 Å². The minimum Gasteiger partial charge on any atom is -0.0918 e. The van der Waals surface area contributed by atoms with Crippen molar-refractivity contribution in [2.24, 2.45) is 0 Å². The van der Waals surface area contributed by atoms with Crippen LogP contribution >= 0.6 is 0 Å². The van der Waals surface area contributed by atoms with Gasteiger partial charge >= 0.3 is 0 Å². The van der Waals surface area contributed by atoms with Gasteiger partial charge in [0.2, 0.25) is 0 Å². The predicted octanol–water partition coefficient (Wildman–Crippen LogP) is 2.69. The van der Waals surface area contributed by atoms with Crippen LogP contribution in [0.15, 0.2) is 36.5 Å². The van der Waals surface area contributed by atoms with Gasteiger partial charge in [-0.3, -0.25) is 0 Å². The Morgan fingerprint density at radius 1 is 1.12 bits per heavy atom. The highest BCUT2D eigenvalue weighted by molar-refractivity contribution is 5.26. The van der Waals surface area contributed by atoms with Crippen molar-refractivity contribution in [2.75, 3.05) is 0 Å². The Hall–Kier alpha value is -0.780. The van der Waals surface area contributed by atoms with E-state index in [0.717, 1.165) is 5.57 Å². The quantitative estimate of drug-likeness (QED) is 0.477. The molecular formula is C8H12. The first-order valence-electron chi connectivity index (χ1n) is 2.75. The topological polar surface area (TPSA) is 0 Å². The lowest BCUT2D eigenvalue weighted by Crippen LogP contribution is -1.61. The molecule has 0 unspecified atom stereocenters. The Bertz CT molecular complexity index is 102. The second-order valence-electron chi connectivity index (χ2n) is 1.57. The van der Waals surface area contributed by atoms with Gasteiger partial charge in [-0.25, -0.2) is 0 Å². The minimum absolute atomic E-state index is 1.05. The Kier molecular flexibility index (Phi) is 3.95. The van der Waals surface area contributed by atoms with E-state index in [1.807, 2.05) is 38.2 Å². The SMILES string of the molecule is C=C(C=CC)C=CC. The predicted molar refractivity (Wildman–Crippen MR) is 38.8 cm³/mol. The normalized spacial score (nSPS) is 11.2. The first kappa shape index (κ1) is 7.22. The van der Waals surface area contributed by atoms with Crippen LogP contribution in [0.4, 0.5) is 0 Å². The molecule has 0 aromatic carbocycles. The van der Waals surface area contributed by atoms with E-state index in [0.29, 0.717) is 0 Å². The molecule has 0 bridgehead atoms. The number of rotatable bonds is 2. The molecule has 0 aromatic rings. The zero-order valence-corrected chi connectivity index (χ0v) is 5.52. The first-order valence-corrected chi connectivity index (χ1v) is 2.75. The molecule has 0 saturated carbocycles. The Morgan fingerprint density at radius 2 is 1.50 bits per heavy atom. The maximum Gasteiger partial charge on any atom is -0.0335 e. The largest absolute Gasteiger partial charge is 0.0918 e. The van der Waals surface area contributed by atoms with Crippen LogP contribution < -0.4 is 0 Å². The summed E-state index contributed by atoms with van der Waals surface area (Å²) in [6, 6.07) is 0. The molecule has 8 heavy (non-hydrogen) atoms. The van der Waals surface area contributed by atoms with Gasteiger partial charge in [-0.05, 0) is 19.4 Å². The summed E-state index contributed by atoms with van der Waals surface area (Å²) >= 11 is 0. The van der Waals surface area contributed by atoms with E-state index in [1.165, 1.54) is 0 Å². The monoisotopic (exact) mass is 108 g/mol. The van der Waals surface area contributed by atoms with Crippen molar-refractivity contribution in [3.8, 4) is 0 Å². The molecule has 44 valence electrons. The smallest absolute Gasteiger partial charge is 0.0335 e. The van der Waals surface area contributed by atoms with Gasteiger partial charge in [0.15, 0.2) is 0 Å². The highest BCUT2D eigenvalue weighted by atomic mass is 13.8. The van der Waals surface area contributed by atoms with Crippen molar-refractivity contribution in [2.45, 2.75) is 13.8 Å². The van der Waals surface area contributed by atoms with Crippen molar-refractivity contribution < 1.29 is 0 Å². The second kappa shape index (κ2) is 4.38. The molecule has 0 heterocycles. The summed E-state index contributed by atoms with van der Waals surface area (Å²) in [5.74, 6) is 0. The van der Waals surface area contributed by atoms with Crippen LogP contribution in [-0.2, 0) is 0 Å². The molecule has 0 atom stereocenters. The van der Waals surface area contributed by atoms with Gasteiger partial charge in [-0.2, -0.15) is 0 Å². The summed E-state index contributed by atoms with van der Waals surface area (Å²) in [4.78, 5) is 0. The van der Waals surface area contributed by atoms with E-state index in [9.17, 15) is 0 Å². The highest BCUT2D eigenvalue weighted by Crippen LogP contribution is 1.92. The lowest BCUT2D eigenvalue weighted by atomic mass is 10.2. The van der Waals surface area contributed by atoms with Crippen LogP contribution in [0.25, 0.3) is 0 Å². The third kappa shape index (κ3) is 3.41. The van der Waals surface area contributed by atoms with E-state index in [4.69, 9.17) is 0 Å². The maximum absolute atomic E-state index is 3.76. The summed E-state index contributed by atoms with van der Waals surface area (Å²) in [5.41, 5.74) is 1.05. The molecule has 0 heteroatoms. The molecule has 0 spiro atoms. The van der Waals surface area contributed by atoms with E-state index < -0.39 is 0 Å². The number of hydrogen-bond donors (Lipinski definition) is 0. The maximum atomic E-state index is 3.76. The number of hydrogen-bond acceptors (Lipinski definition) is 0. The molecule has 0 aromatic heterocycles. The van der Waals surface area contributed by atoms with Gasteiger partial charge in [-0.15, -0.1) is 0 Å². The average molecular weight is 108 g/mol.